The summed E-state index contributed by atoms with van der Waals surface area (Å²) < 4.78 is 0. The lowest BCUT2D eigenvalue weighted by atomic mass is 10.1. The average molecular weight is 649 g/mol. The van der Waals surface area contributed by atoms with Crippen molar-refractivity contribution in [2.75, 3.05) is 0 Å². The maximum absolute atomic E-state index is 11.0. The van der Waals surface area contributed by atoms with Crippen LogP contribution in [0.2, 0.25) is 19.6 Å². The molecule has 0 aliphatic carbocycles. The van der Waals surface area contributed by atoms with Crippen LogP contribution < -0.4 is 0 Å². The Balaban J connectivity index is 0. The minimum atomic E-state index is -1.30. The molecule has 2 nitrogen and oxygen atoms in total. The third-order valence-corrected chi connectivity index (χ3v) is 11.0. The van der Waals surface area contributed by atoms with Crippen LogP contribution in [0.15, 0.2) is 48.5 Å². The highest BCUT2D eigenvalue weighted by atomic mass is 33.3. The molecule has 0 heterocycles. The summed E-state index contributed by atoms with van der Waals surface area (Å²) in [6.45, 7) is 9.74. The number of Topliss-reactive ketones (excluding diaryl/α,β-unsaturated/α-hetero) is 2. The van der Waals surface area contributed by atoms with E-state index in [1.165, 1.54) is 51.3 Å². The minimum absolute atomic E-state index is 0.0635. The van der Waals surface area contributed by atoms with E-state index in [0.29, 0.717) is 5.56 Å². The number of rotatable bonds is 2. The zero-order chi connectivity index (χ0) is 27.3. The van der Waals surface area contributed by atoms with Gasteiger partial charge in [-0.05, 0) is 38.1 Å². The van der Waals surface area contributed by atoms with Crippen molar-refractivity contribution in [1.29, 1.82) is 0 Å². The molecule has 0 spiro atoms. The first kappa shape index (κ1) is 36.3. The van der Waals surface area contributed by atoms with Crippen molar-refractivity contribution < 1.29 is 9.59 Å². The van der Waals surface area contributed by atoms with Gasteiger partial charge < -0.3 is 0 Å². The summed E-state index contributed by atoms with van der Waals surface area (Å²) in [7, 11) is 4.99. The maximum atomic E-state index is 11.0. The fourth-order valence-electron chi connectivity index (χ4n) is 1.86. The van der Waals surface area contributed by atoms with Crippen LogP contribution in [0, 0.1) is 23.8 Å². The fraction of sp³-hybridized carbons (Fsp3) is 0.217. The van der Waals surface area contributed by atoms with Gasteiger partial charge in [-0.1, -0.05) is 55.7 Å². The summed E-state index contributed by atoms with van der Waals surface area (Å²) in [5, 5.41) is 0. The molecule has 0 aromatic heterocycles. The molecule has 0 aliphatic rings. The summed E-state index contributed by atoms with van der Waals surface area (Å²) in [6.07, 6.45) is 5.14. The molecule has 2 aromatic carbocycles. The smallest absolute Gasteiger partial charge is 0.159 e. The van der Waals surface area contributed by atoms with Crippen LogP contribution in [-0.4, -0.2) is 19.6 Å². The lowest BCUT2D eigenvalue weighted by molar-refractivity contribution is 0.100. The van der Waals surface area contributed by atoms with E-state index in [0.717, 1.165) is 16.7 Å². The topological polar surface area (TPSA) is 34.1 Å². The van der Waals surface area contributed by atoms with Gasteiger partial charge in [0, 0.05) is 111 Å². The van der Waals surface area contributed by atoms with Gasteiger partial charge in [-0.3, -0.25) is 9.59 Å². The minimum Gasteiger partial charge on any atom is -0.295 e. The Bertz CT molecular complexity index is 1260. The largest absolute Gasteiger partial charge is 0.295 e. The van der Waals surface area contributed by atoms with E-state index in [9.17, 15) is 9.59 Å². The van der Waals surface area contributed by atoms with E-state index in [2.05, 4.69) is 81.8 Å². The first-order valence-electron chi connectivity index (χ1n) is 9.51. The van der Waals surface area contributed by atoms with Crippen molar-refractivity contribution in [2.45, 2.75) is 33.5 Å². The first-order valence-corrected chi connectivity index (χ1v) is 22.3. The molecule has 0 atom stereocenters. The van der Waals surface area contributed by atoms with E-state index in [4.69, 9.17) is 6.42 Å². The molecule has 0 amide bonds. The van der Waals surface area contributed by atoms with Crippen LogP contribution in [0.5, 0.6) is 0 Å². The van der Waals surface area contributed by atoms with Crippen LogP contribution in [0.1, 0.15) is 45.7 Å². The van der Waals surface area contributed by atoms with Gasteiger partial charge in [0.05, 0.1) is 0 Å². The average Bonchev–Trinajstić information content (AvgIpc) is 2.84. The van der Waals surface area contributed by atoms with E-state index in [1.54, 1.807) is 31.2 Å². The van der Waals surface area contributed by atoms with Crippen molar-refractivity contribution >= 4 is 109 Å². The molecule has 0 radical (unpaired) electrons. The molecule has 0 N–H and O–H groups in total. The number of benzene rings is 2. The van der Waals surface area contributed by atoms with E-state index >= 15 is 0 Å². The zero-order valence-corrected chi connectivity index (χ0v) is 28.0. The summed E-state index contributed by atoms with van der Waals surface area (Å²) in [6, 6.07) is 14.5. The highest BCUT2D eigenvalue weighted by Crippen LogP contribution is 2.05. The SMILES string of the molecule is C#Cc1ccc(C(C)=O)cc1.CC(=O)c1ccc(C#C[Si](C)(C)C)cc1.S=S=S=S.S=S=S=S=S. The van der Waals surface area contributed by atoms with E-state index in [1.807, 2.05) is 24.3 Å². The number of carbonyl (C=O) groups excluding carboxylic acids is 2. The fourth-order valence-corrected chi connectivity index (χ4v) is 5.12. The monoisotopic (exact) mass is 648 g/mol. The molecule has 186 valence electrons. The Kier molecular flexibility index (Phi) is 23.1. The summed E-state index contributed by atoms with van der Waals surface area (Å²) in [4.78, 5) is 21.8. The van der Waals surface area contributed by atoms with Crippen molar-refractivity contribution in [1.82, 2.24) is 0 Å². The Hall–Kier alpha value is -0.903. The summed E-state index contributed by atoms with van der Waals surface area (Å²) >= 11 is 17.5. The highest BCUT2D eigenvalue weighted by molar-refractivity contribution is 8.59. The maximum Gasteiger partial charge on any atom is 0.159 e. The predicted octanol–water partition coefficient (Wildman–Crippen LogP) is 4.97. The second-order valence-corrected chi connectivity index (χ2v) is 20.8. The van der Waals surface area contributed by atoms with Crippen LogP contribution in [-0.2, 0) is 89.2 Å². The Morgan fingerprint density at radius 1 is 0.714 bits per heavy atom. The summed E-state index contributed by atoms with van der Waals surface area (Å²) in [5.74, 6) is 5.79. The number of carbonyl (C=O) groups is 2. The molecular formula is C23H24O2S9Si. The molecular weight excluding hydrogens is 625 g/mol. The molecule has 2 rings (SSSR count). The van der Waals surface area contributed by atoms with E-state index in [-0.39, 0.29) is 11.6 Å². The Morgan fingerprint density at radius 2 is 1.09 bits per heavy atom. The van der Waals surface area contributed by atoms with Crippen molar-refractivity contribution in [3.8, 4) is 23.8 Å². The Morgan fingerprint density at radius 3 is 1.31 bits per heavy atom. The van der Waals surface area contributed by atoms with Gasteiger partial charge in [-0.15, -0.1) is 12.0 Å². The Labute approximate surface area is 244 Å². The zero-order valence-electron chi connectivity index (χ0n) is 19.7. The van der Waals surface area contributed by atoms with Crippen LogP contribution in [0.4, 0.5) is 0 Å². The van der Waals surface area contributed by atoms with Crippen molar-refractivity contribution in [3.05, 3.63) is 70.8 Å². The summed E-state index contributed by atoms with van der Waals surface area (Å²) in [5.41, 5.74) is 6.52. The standard InChI is InChI=1S/C13H16OSi.C10H8O.S5.S4/c1-11(14)13-7-5-12(6-8-13)9-10-15(2,3)4;1-3-9-4-6-10(7-5-9)8(2)11;1-3-5-4-2;1-3-4-2/h5-8H,1-4H3;1,4-7H,2H3;;. The quantitative estimate of drug-likeness (QED) is 0.260. The van der Waals surface area contributed by atoms with Gasteiger partial charge in [-0.25, -0.2) is 0 Å². The molecule has 0 unspecified atom stereocenters. The lowest BCUT2D eigenvalue weighted by Gasteiger charge is -2.03. The van der Waals surface area contributed by atoms with Gasteiger partial charge in [-0.2, -0.15) is 0 Å². The second-order valence-electron chi connectivity index (χ2n) is 7.25. The molecule has 12 heteroatoms. The number of ketones is 2. The van der Waals surface area contributed by atoms with Gasteiger partial charge in [0.2, 0.25) is 0 Å². The third kappa shape index (κ3) is 22.1. The van der Waals surface area contributed by atoms with Gasteiger partial charge in [0.15, 0.2) is 11.6 Å². The molecule has 0 saturated carbocycles. The van der Waals surface area contributed by atoms with Gasteiger partial charge >= 0.3 is 0 Å². The van der Waals surface area contributed by atoms with Crippen LogP contribution in [0.25, 0.3) is 0 Å². The molecule has 0 bridgehead atoms. The lowest BCUT2D eigenvalue weighted by Crippen LogP contribution is -2.16. The number of hydrogen-bond donors (Lipinski definition) is 0. The van der Waals surface area contributed by atoms with E-state index < -0.39 is 8.07 Å². The molecule has 35 heavy (non-hydrogen) atoms. The molecule has 0 fully saturated rings. The van der Waals surface area contributed by atoms with Crippen molar-refractivity contribution in [2.24, 2.45) is 0 Å². The van der Waals surface area contributed by atoms with Gasteiger partial charge in [0.1, 0.15) is 8.07 Å². The third-order valence-electron chi connectivity index (χ3n) is 3.41. The normalized spacial score (nSPS) is 8.57. The highest BCUT2D eigenvalue weighted by Gasteiger charge is 2.07. The molecule has 0 saturated heterocycles. The molecule has 0 aliphatic heterocycles. The van der Waals surface area contributed by atoms with Crippen molar-refractivity contribution in [3.63, 3.8) is 0 Å². The first-order chi connectivity index (χ1) is 16.4. The predicted molar refractivity (Wildman–Crippen MR) is 177 cm³/mol. The number of terminal acetylenes is 1. The van der Waals surface area contributed by atoms with Gasteiger partial charge in [0.25, 0.3) is 0 Å². The second kappa shape index (κ2) is 22.3. The van der Waals surface area contributed by atoms with Crippen LogP contribution >= 0.6 is 0 Å². The molecule has 2 aromatic rings. The number of hydrogen-bond acceptors (Lipinski definition) is 6. The van der Waals surface area contributed by atoms with Crippen LogP contribution in [0.3, 0.4) is 0 Å².